The Morgan fingerprint density at radius 1 is 1.14 bits per heavy atom. The van der Waals surface area contributed by atoms with E-state index in [2.05, 4.69) is 10.6 Å². The van der Waals surface area contributed by atoms with Gasteiger partial charge in [0.05, 0.1) is 18.4 Å². The van der Waals surface area contributed by atoms with E-state index in [1.165, 1.54) is 0 Å². The van der Waals surface area contributed by atoms with Crippen LogP contribution in [0.4, 0.5) is 0 Å². The molecular weight excluding hydrogens is 374 g/mol. The molecule has 2 unspecified atom stereocenters. The molecule has 0 aliphatic carbocycles. The standard InChI is InChI=1S/C21H25N3O3S/c1-15(16-6-3-2-4-7-16)24-14-17(12-20(24)26)21(27)23-10-9-22-19(25)13-18-8-5-11-28-18/h2-8,11,15,17H,9-10,12-14H2,1H3,(H,22,25)(H,23,27). The summed E-state index contributed by atoms with van der Waals surface area (Å²) in [5.74, 6) is -0.541. The first-order valence-electron chi connectivity index (χ1n) is 9.46. The number of hydrogen-bond donors (Lipinski definition) is 2. The van der Waals surface area contributed by atoms with Gasteiger partial charge >= 0.3 is 0 Å². The monoisotopic (exact) mass is 399 g/mol. The zero-order valence-electron chi connectivity index (χ0n) is 15.9. The summed E-state index contributed by atoms with van der Waals surface area (Å²) in [4.78, 5) is 39.4. The summed E-state index contributed by atoms with van der Waals surface area (Å²) >= 11 is 1.55. The van der Waals surface area contributed by atoms with Crippen molar-refractivity contribution in [2.24, 2.45) is 5.92 Å². The van der Waals surface area contributed by atoms with Crippen LogP contribution in [0.2, 0.25) is 0 Å². The molecule has 1 aliphatic heterocycles. The number of carbonyl (C=O) groups excluding carboxylic acids is 3. The topological polar surface area (TPSA) is 78.5 Å². The fraction of sp³-hybridized carbons (Fsp3) is 0.381. The molecule has 1 aromatic carbocycles. The molecule has 28 heavy (non-hydrogen) atoms. The lowest BCUT2D eigenvalue weighted by Gasteiger charge is -2.25. The van der Waals surface area contributed by atoms with Gasteiger partial charge in [-0.2, -0.15) is 0 Å². The number of nitrogens with one attached hydrogen (secondary N) is 2. The van der Waals surface area contributed by atoms with Gasteiger partial charge in [0.1, 0.15) is 0 Å². The largest absolute Gasteiger partial charge is 0.354 e. The first-order chi connectivity index (χ1) is 13.5. The SMILES string of the molecule is CC(c1ccccc1)N1CC(C(=O)NCCNC(=O)Cc2cccs2)CC1=O. The number of hydrogen-bond acceptors (Lipinski definition) is 4. The fourth-order valence-electron chi connectivity index (χ4n) is 3.36. The summed E-state index contributed by atoms with van der Waals surface area (Å²) in [6.45, 7) is 3.14. The van der Waals surface area contributed by atoms with Crippen molar-refractivity contribution in [2.45, 2.75) is 25.8 Å². The van der Waals surface area contributed by atoms with Crippen LogP contribution in [0.3, 0.4) is 0 Å². The van der Waals surface area contributed by atoms with Crippen molar-refractivity contribution in [1.29, 1.82) is 0 Å². The molecule has 2 N–H and O–H groups in total. The molecule has 0 saturated carbocycles. The maximum atomic E-state index is 12.4. The number of carbonyl (C=O) groups is 3. The van der Waals surface area contributed by atoms with E-state index in [0.717, 1.165) is 10.4 Å². The molecule has 2 aromatic rings. The van der Waals surface area contributed by atoms with Crippen molar-refractivity contribution >= 4 is 29.1 Å². The molecule has 2 atom stereocenters. The Morgan fingerprint density at radius 3 is 2.61 bits per heavy atom. The van der Waals surface area contributed by atoms with E-state index >= 15 is 0 Å². The van der Waals surface area contributed by atoms with Crippen LogP contribution in [0, 0.1) is 5.92 Å². The van der Waals surface area contributed by atoms with E-state index in [-0.39, 0.29) is 36.1 Å². The van der Waals surface area contributed by atoms with Gasteiger partial charge in [0, 0.05) is 30.9 Å². The predicted octanol–water partition coefficient (Wildman–Crippen LogP) is 2.13. The average Bonchev–Trinajstić information content (AvgIpc) is 3.35. The number of nitrogens with zero attached hydrogens (tertiary/aromatic N) is 1. The second-order valence-corrected chi connectivity index (χ2v) is 7.96. The highest BCUT2D eigenvalue weighted by Gasteiger charge is 2.36. The highest BCUT2D eigenvalue weighted by atomic mass is 32.1. The van der Waals surface area contributed by atoms with Crippen molar-refractivity contribution in [3.63, 3.8) is 0 Å². The molecule has 7 heteroatoms. The van der Waals surface area contributed by atoms with Crippen molar-refractivity contribution in [1.82, 2.24) is 15.5 Å². The number of rotatable bonds is 8. The second kappa shape index (κ2) is 9.50. The highest BCUT2D eigenvalue weighted by molar-refractivity contribution is 7.10. The smallest absolute Gasteiger partial charge is 0.225 e. The number of likely N-dealkylation sites (tertiary alicyclic amines) is 1. The van der Waals surface area contributed by atoms with E-state index in [4.69, 9.17) is 0 Å². The lowest BCUT2D eigenvalue weighted by molar-refractivity contribution is -0.130. The van der Waals surface area contributed by atoms with Crippen LogP contribution < -0.4 is 10.6 Å². The normalized spacial score (nSPS) is 17.4. The highest BCUT2D eigenvalue weighted by Crippen LogP contribution is 2.28. The zero-order chi connectivity index (χ0) is 19.9. The van der Waals surface area contributed by atoms with Crippen LogP contribution in [-0.2, 0) is 20.8 Å². The molecular formula is C21H25N3O3S. The van der Waals surface area contributed by atoms with Crippen molar-refractivity contribution < 1.29 is 14.4 Å². The average molecular weight is 400 g/mol. The van der Waals surface area contributed by atoms with Gasteiger partial charge in [0.25, 0.3) is 0 Å². The maximum Gasteiger partial charge on any atom is 0.225 e. The van der Waals surface area contributed by atoms with Crippen molar-refractivity contribution in [3.05, 3.63) is 58.3 Å². The molecule has 3 rings (SSSR count). The van der Waals surface area contributed by atoms with Crippen LogP contribution in [0.1, 0.15) is 29.8 Å². The fourth-order valence-corrected chi connectivity index (χ4v) is 4.06. The third kappa shape index (κ3) is 5.19. The third-order valence-corrected chi connectivity index (χ3v) is 5.82. The molecule has 6 nitrogen and oxygen atoms in total. The van der Waals surface area contributed by atoms with Gasteiger partial charge in [-0.05, 0) is 23.9 Å². The van der Waals surface area contributed by atoms with Gasteiger partial charge in [-0.15, -0.1) is 11.3 Å². The van der Waals surface area contributed by atoms with Gasteiger partial charge in [-0.1, -0.05) is 36.4 Å². The maximum absolute atomic E-state index is 12.4. The quantitative estimate of drug-likeness (QED) is 0.668. The van der Waals surface area contributed by atoms with Gasteiger partial charge in [-0.25, -0.2) is 0 Å². The summed E-state index contributed by atoms with van der Waals surface area (Å²) in [5, 5.41) is 7.57. The van der Waals surface area contributed by atoms with Crippen LogP contribution in [0.15, 0.2) is 47.8 Å². The summed E-state index contributed by atoms with van der Waals surface area (Å²) in [7, 11) is 0. The molecule has 3 amide bonds. The van der Waals surface area contributed by atoms with Crippen molar-refractivity contribution in [3.8, 4) is 0 Å². The number of benzene rings is 1. The van der Waals surface area contributed by atoms with Crippen molar-refractivity contribution in [2.75, 3.05) is 19.6 Å². The van der Waals surface area contributed by atoms with E-state index < -0.39 is 0 Å². The van der Waals surface area contributed by atoms with Crippen LogP contribution in [0.5, 0.6) is 0 Å². The van der Waals surface area contributed by atoms with Gasteiger partial charge in [0.2, 0.25) is 17.7 Å². The summed E-state index contributed by atoms with van der Waals surface area (Å²) in [6.07, 6.45) is 0.586. The molecule has 1 aliphatic rings. The Morgan fingerprint density at radius 2 is 1.89 bits per heavy atom. The molecule has 1 saturated heterocycles. The van der Waals surface area contributed by atoms with Gasteiger partial charge in [-0.3, -0.25) is 14.4 Å². The number of amides is 3. The summed E-state index contributed by atoms with van der Waals surface area (Å²) in [5.41, 5.74) is 1.06. The van der Waals surface area contributed by atoms with Crippen LogP contribution in [0.25, 0.3) is 0 Å². The lowest BCUT2D eigenvalue weighted by Crippen LogP contribution is -2.38. The van der Waals surface area contributed by atoms with E-state index in [0.29, 0.717) is 26.1 Å². The van der Waals surface area contributed by atoms with Gasteiger partial charge < -0.3 is 15.5 Å². The van der Waals surface area contributed by atoms with E-state index in [1.807, 2.05) is 54.8 Å². The molecule has 0 bridgehead atoms. The third-order valence-electron chi connectivity index (χ3n) is 4.94. The first-order valence-corrected chi connectivity index (χ1v) is 10.3. The molecule has 2 heterocycles. The summed E-state index contributed by atoms with van der Waals surface area (Å²) in [6, 6.07) is 13.6. The predicted molar refractivity (Wildman–Crippen MR) is 109 cm³/mol. The Balaban J connectivity index is 1.40. The zero-order valence-corrected chi connectivity index (χ0v) is 16.7. The minimum Gasteiger partial charge on any atom is -0.354 e. The molecule has 0 spiro atoms. The van der Waals surface area contributed by atoms with E-state index in [1.54, 1.807) is 16.2 Å². The molecule has 148 valence electrons. The molecule has 1 aromatic heterocycles. The van der Waals surface area contributed by atoms with Crippen LogP contribution in [-0.4, -0.2) is 42.3 Å². The molecule has 0 radical (unpaired) electrons. The number of thiophene rings is 1. The Kier molecular flexibility index (Phi) is 6.81. The second-order valence-electron chi connectivity index (χ2n) is 6.93. The van der Waals surface area contributed by atoms with Crippen LogP contribution >= 0.6 is 11.3 Å². The lowest BCUT2D eigenvalue weighted by atomic mass is 10.1. The minimum atomic E-state index is -0.347. The van der Waals surface area contributed by atoms with Gasteiger partial charge in [0.15, 0.2) is 0 Å². The Bertz CT molecular complexity index is 808. The first kappa shape index (κ1) is 20.1. The Labute approximate surface area is 168 Å². The summed E-state index contributed by atoms with van der Waals surface area (Å²) < 4.78 is 0. The minimum absolute atomic E-state index is 0.000698. The Hall–Kier alpha value is -2.67. The van der Waals surface area contributed by atoms with E-state index in [9.17, 15) is 14.4 Å². The molecule has 1 fully saturated rings.